The minimum Gasteiger partial charge on any atom is -0.456 e. The van der Waals surface area contributed by atoms with Gasteiger partial charge in [0.25, 0.3) is 22.2 Å². The van der Waals surface area contributed by atoms with Crippen molar-refractivity contribution >= 4 is 87.4 Å². The summed E-state index contributed by atoms with van der Waals surface area (Å²) in [6.07, 6.45) is 0. The predicted molar refractivity (Wildman–Crippen MR) is 408 cm³/mol. The molecule has 0 aliphatic heterocycles. The zero-order valence-electron chi connectivity index (χ0n) is 54.6. The summed E-state index contributed by atoms with van der Waals surface area (Å²) in [6.45, 7) is 0. The second kappa shape index (κ2) is 23.4. The first-order valence-corrected chi connectivity index (χ1v) is 33.5. The van der Waals surface area contributed by atoms with E-state index in [2.05, 4.69) is 4.57 Å². The van der Waals surface area contributed by atoms with E-state index < -0.39 is 45.0 Å². The van der Waals surface area contributed by atoms with Gasteiger partial charge in [0.1, 0.15) is 11.2 Å². The molecule has 0 N–H and O–H groups in total. The Labute approximate surface area is 584 Å². The minimum atomic E-state index is -0.678. The van der Waals surface area contributed by atoms with Crippen molar-refractivity contribution < 1.29 is 4.42 Å². The zero-order chi connectivity index (χ0) is 70.2. The summed E-state index contributed by atoms with van der Waals surface area (Å²) < 4.78 is 19.0. The summed E-state index contributed by atoms with van der Waals surface area (Å²) >= 11 is 0. The molecule has 13 aromatic carbocycles. The van der Waals surface area contributed by atoms with E-state index in [1.165, 1.54) is 22.8 Å². The van der Waals surface area contributed by atoms with Gasteiger partial charge in [-0.2, -0.15) is 0 Å². The highest BCUT2D eigenvalue weighted by atomic mass is 16.3. The maximum atomic E-state index is 15.7. The van der Waals surface area contributed by atoms with Crippen LogP contribution < -0.4 is 45.0 Å². The van der Waals surface area contributed by atoms with Crippen LogP contribution in [-0.4, -0.2) is 41.1 Å². The number of hydrogen-bond acceptors (Lipinski definition) is 9. The average Bonchev–Trinajstić information content (AvgIpc) is 1.51. The van der Waals surface area contributed by atoms with Crippen LogP contribution in [0.25, 0.3) is 150 Å². The van der Waals surface area contributed by atoms with Gasteiger partial charge in [0.15, 0.2) is 0 Å². The van der Waals surface area contributed by atoms with Crippen LogP contribution in [0.3, 0.4) is 0 Å². The average molecular weight is 1350 g/mol. The molecule has 0 bridgehead atoms. The molecule has 19 aromatic rings. The van der Waals surface area contributed by atoms with Gasteiger partial charge in [-0.1, -0.05) is 127 Å². The van der Waals surface area contributed by atoms with Gasteiger partial charge in [-0.05, 0) is 193 Å². The van der Waals surface area contributed by atoms with Crippen molar-refractivity contribution in [1.29, 1.82) is 0 Å². The van der Waals surface area contributed by atoms with Crippen molar-refractivity contribution in [2.75, 3.05) is 0 Å². The molecule has 0 unspecified atom stereocenters. The van der Waals surface area contributed by atoms with Crippen LogP contribution >= 0.6 is 0 Å². The van der Waals surface area contributed by atoms with E-state index in [0.29, 0.717) is 105 Å². The van der Waals surface area contributed by atoms with Crippen molar-refractivity contribution in [2.24, 2.45) is 0 Å². The number of furan rings is 1. The summed E-state index contributed by atoms with van der Waals surface area (Å²) in [4.78, 5) is 120. The van der Waals surface area contributed by atoms with E-state index in [9.17, 15) is 19.2 Å². The molecule has 6 aromatic heterocycles. The summed E-state index contributed by atoms with van der Waals surface area (Å²) in [5.74, 6) is 0. The Morgan fingerprint density at radius 2 is 0.452 bits per heavy atom. The van der Waals surface area contributed by atoms with Crippen LogP contribution in [0.1, 0.15) is 0 Å². The monoisotopic (exact) mass is 1350 g/mol. The number of nitrogens with zero attached hydrogens (tertiary/aromatic N) is 9. The topological polar surface area (TPSA) is 194 Å². The number of benzene rings is 13. The van der Waals surface area contributed by atoms with Crippen molar-refractivity contribution in [3.8, 4) is 62.3 Å². The molecule has 0 aliphatic carbocycles. The molecule has 0 saturated heterocycles. The summed E-state index contributed by atoms with van der Waals surface area (Å²) in [7, 11) is 0. The molecule has 19 rings (SSSR count). The Balaban J connectivity index is 0.752. The predicted octanol–water partition coefficient (Wildman–Crippen LogP) is 14.2. The third kappa shape index (κ3) is 9.22. The third-order valence-corrected chi connectivity index (χ3v) is 19.6. The first-order chi connectivity index (χ1) is 50.9. The van der Waals surface area contributed by atoms with Crippen LogP contribution in [0, 0.1) is 0 Å². The van der Waals surface area contributed by atoms with Gasteiger partial charge >= 0.3 is 22.8 Å². The van der Waals surface area contributed by atoms with Gasteiger partial charge < -0.3 is 8.98 Å². The molecule has 6 heterocycles. The SMILES string of the molecule is O=c1c2ccccc2n(-c2ccccc2)c(=O)n1-c1ccc2oc3ccc(-n4c(=O)c5cc(-c6cccc(-n7c(=O)n(-c8ccc9c(c8)c8cc(-n%10c(=O)c%11ccccc%11n(-c%11ccccc%11)c%10=O)ccc8n9-c8ccccc8)c(=O)c8ccccc87)c6)ccc5n(-c5ccccc5)c4=O)cc3c2c1. The molecule has 18 heteroatoms. The van der Waals surface area contributed by atoms with E-state index in [1.54, 1.807) is 194 Å². The molecule has 0 atom stereocenters. The largest absolute Gasteiger partial charge is 0.456 e. The van der Waals surface area contributed by atoms with Crippen LogP contribution in [0.2, 0.25) is 0 Å². The second-order valence-electron chi connectivity index (χ2n) is 25.4. The van der Waals surface area contributed by atoms with Crippen LogP contribution in [-0.2, 0) is 0 Å². The lowest BCUT2D eigenvalue weighted by molar-refractivity contribution is 0.668. The summed E-state index contributed by atoms with van der Waals surface area (Å²) in [5.41, 5.74) is 4.28. The Bertz CT molecular complexity index is 7430. The van der Waals surface area contributed by atoms with E-state index in [1.807, 2.05) is 115 Å². The Morgan fingerprint density at radius 1 is 0.173 bits per heavy atom. The van der Waals surface area contributed by atoms with Crippen molar-refractivity contribution in [2.45, 2.75) is 0 Å². The fourth-order valence-electron chi connectivity index (χ4n) is 14.9. The molecule has 0 spiro atoms. The minimum absolute atomic E-state index is 0.182. The number of rotatable bonds is 10. The summed E-state index contributed by atoms with van der Waals surface area (Å²) in [5, 5.41) is 3.39. The van der Waals surface area contributed by atoms with E-state index in [0.717, 1.165) is 30.4 Å². The molecule has 104 heavy (non-hydrogen) atoms. The van der Waals surface area contributed by atoms with Gasteiger partial charge in [-0.25, -0.2) is 37.4 Å². The normalized spacial score (nSPS) is 11.8. The Kier molecular flexibility index (Phi) is 13.6. The van der Waals surface area contributed by atoms with Crippen LogP contribution in [0.4, 0.5) is 0 Å². The number of hydrogen-bond donors (Lipinski definition) is 0. The van der Waals surface area contributed by atoms with Gasteiger partial charge in [0.2, 0.25) is 0 Å². The molecule has 18 nitrogen and oxygen atoms in total. The first kappa shape index (κ1) is 60.4. The molecule has 0 fully saturated rings. The maximum Gasteiger partial charge on any atom is 0.340 e. The Morgan fingerprint density at radius 3 is 0.856 bits per heavy atom. The lowest BCUT2D eigenvalue weighted by Gasteiger charge is -2.17. The number of fused-ring (bicyclic) bond motifs is 10. The molecule has 494 valence electrons. The van der Waals surface area contributed by atoms with Gasteiger partial charge in [-0.3, -0.25) is 37.4 Å². The maximum absolute atomic E-state index is 15.7. The zero-order valence-corrected chi connectivity index (χ0v) is 54.6. The highest BCUT2D eigenvalue weighted by Crippen LogP contribution is 2.37. The van der Waals surface area contributed by atoms with Crippen molar-refractivity contribution in [3.05, 3.63) is 393 Å². The van der Waals surface area contributed by atoms with Crippen molar-refractivity contribution in [3.63, 3.8) is 0 Å². The fraction of sp³-hybridized carbons (Fsp3) is 0. The summed E-state index contributed by atoms with van der Waals surface area (Å²) in [6, 6.07) is 91.1. The lowest BCUT2D eigenvalue weighted by atomic mass is 10.0. The second-order valence-corrected chi connectivity index (χ2v) is 25.4. The van der Waals surface area contributed by atoms with Crippen molar-refractivity contribution in [1.82, 2.24) is 41.1 Å². The molecular weight excluding hydrogens is 1300 g/mol. The fourth-order valence-corrected chi connectivity index (χ4v) is 14.9. The van der Waals surface area contributed by atoms with E-state index in [4.69, 9.17) is 4.42 Å². The highest BCUT2D eigenvalue weighted by Gasteiger charge is 2.25. The number of aromatic nitrogens is 9. The lowest BCUT2D eigenvalue weighted by Crippen LogP contribution is -2.38. The van der Waals surface area contributed by atoms with E-state index >= 15 is 19.2 Å². The molecule has 0 aliphatic rings. The number of para-hydroxylation sites is 7. The highest BCUT2D eigenvalue weighted by molar-refractivity contribution is 6.11. The van der Waals surface area contributed by atoms with Gasteiger partial charge in [-0.15, -0.1) is 0 Å². The smallest absolute Gasteiger partial charge is 0.340 e. The molecular formula is C86H51N9O9. The van der Waals surface area contributed by atoms with Crippen LogP contribution in [0.5, 0.6) is 0 Å². The van der Waals surface area contributed by atoms with Gasteiger partial charge in [0.05, 0.1) is 100 Å². The standard InChI is InChI=1S/C86H51N9O9/c96-79-63-30-13-16-33-71(63)88(55-23-7-2-8-24-55)83(100)92(79)59-37-42-74-66(48-59)67-49-60(38-43-75(67)87(74)54-21-5-1-6-22-54)93-81(98)65-32-15-18-35-73(65)91(86(93)103)58-29-19-20-52(46-58)53-36-41-76-70(47-53)82(99)95(85(102)90(76)57-27-11-4-12-28-57)62-40-45-78-69(51-62)68-50-61(39-44-77(68)104-78)94-80(97)64-31-14-17-34-72(64)89(84(94)101)56-25-9-3-10-26-56/h1-51H. The van der Waals surface area contributed by atoms with Gasteiger partial charge in [0, 0.05) is 27.2 Å². The van der Waals surface area contributed by atoms with E-state index in [-0.39, 0.29) is 27.8 Å². The molecule has 0 saturated carbocycles. The quantitative estimate of drug-likeness (QED) is 0.128. The Hall–Kier alpha value is -14.8. The first-order valence-electron chi connectivity index (χ1n) is 33.5. The third-order valence-electron chi connectivity index (χ3n) is 19.6. The molecule has 0 radical (unpaired) electrons. The molecule has 0 amide bonds. The van der Waals surface area contributed by atoms with Crippen LogP contribution in [0.15, 0.2) is 352 Å².